The summed E-state index contributed by atoms with van der Waals surface area (Å²) in [6.07, 6.45) is 5.18. The highest BCUT2D eigenvalue weighted by atomic mass is 16.5. The highest BCUT2D eigenvalue weighted by molar-refractivity contribution is 6.03. The van der Waals surface area contributed by atoms with Crippen LogP contribution in [0.2, 0.25) is 0 Å². The molecule has 39 heavy (non-hydrogen) atoms. The Morgan fingerprint density at radius 1 is 1.13 bits per heavy atom. The van der Waals surface area contributed by atoms with Crippen LogP contribution < -0.4 is 20.1 Å². The third-order valence-electron chi connectivity index (χ3n) is 6.42. The highest BCUT2D eigenvalue weighted by Crippen LogP contribution is 2.37. The Hall–Kier alpha value is -4.41. The van der Waals surface area contributed by atoms with E-state index in [0.29, 0.717) is 46.2 Å². The number of ether oxygens (including phenoxy) is 3. The Morgan fingerprint density at radius 2 is 2.00 bits per heavy atom. The van der Waals surface area contributed by atoms with Gasteiger partial charge in [-0.05, 0) is 48.9 Å². The number of nitrogens with zero attached hydrogens (tertiary/aromatic N) is 3. The van der Waals surface area contributed by atoms with Crippen molar-refractivity contribution in [2.75, 3.05) is 57.2 Å². The average molecular weight is 530 g/mol. The van der Waals surface area contributed by atoms with Crippen molar-refractivity contribution < 1.29 is 23.4 Å². The van der Waals surface area contributed by atoms with Crippen LogP contribution in [0.4, 0.5) is 17.2 Å². The molecule has 1 amide bonds. The van der Waals surface area contributed by atoms with E-state index in [4.69, 9.17) is 18.6 Å². The smallest absolute Gasteiger partial charge is 0.247 e. The number of methoxy groups -OCH3 is 1. The molecule has 0 saturated carbocycles. The van der Waals surface area contributed by atoms with E-state index in [2.05, 4.69) is 32.1 Å². The second-order valence-corrected chi connectivity index (χ2v) is 8.95. The van der Waals surface area contributed by atoms with Crippen LogP contribution in [0.1, 0.15) is 6.42 Å². The number of carbonyl (C=O) groups is 1. The first-order chi connectivity index (χ1) is 19.1. The zero-order valence-electron chi connectivity index (χ0n) is 21.8. The standard InChI is InChI=1S/C29H31N5O5/c1-3-28(35)32-24-17-21-22(18-27(24)39-13-5-9-34-10-14-37-15-11-34)30-19-31-29(21)33-23-16-20(7-8-26(23)36-2)25-6-4-12-38-25/h3-4,6-8,12,16-19H,1,5,9-11,13-15H2,2H3,(H,32,35)(H,30,31,33). The molecule has 5 rings (SSSR count). The number of carbonyl (C=O) groups excluding carboxylic acids is 1. The molecule has 2 aromatic heterocycles. The highest BCUT2D eigenvalue weighted by Gasteiger charge is 2.16. The molecule has 4 aromatic rings. The monoisotopic (exact) mass is 529 g/mol. The summed E-state index contributed by atoms with van der Waals surface area (Å²) in [5, 5.41) is 6.92. The van der Waals surface area contributed by atoms with Crippen LogP contribution in [0.25, 0.3) is 22.2 Å². The molecular formula is C29H31N5O5. The number of benzene rings is 2. The van der Waals surface area contributed by atoms with Gasteiger partial charge in [0.15, 0.2) is 0 Å². The lowest BCUT2D eigenvalue weighted by atomic mass is 10.1. The summed E-state index contributed by atoms with van der Waals surface area (Å²) >= 11 is 0. The summed E-state index contributed by atoms with van der Waals surface area (Å²) in [6.45, 7) is 8.36. The number of hydrogen-bond donors (Lipinski definition) is 2. The van der Waals surface area contributed by atoms with Crippen molar-refractivity contribution in [3.05, 3.63) is 67.7 Å². The maximum Gasteiger partial charge on any atom is 0.247 e. The lowest BCUT2D eigenvalue weighted by molar-refractivity contribution is -0.111. The van der Waals surface area contributed by atoms with Gasteiger partial charge in [-0.25, -0.2) is 9.97 Å². The van der Waals surface area contributed by atoms with Gasteiger partial charge >= 0.3 is 0 Å². The molecule has 1 aliphatic heterocycles. The number of morpholine rings is 1. The van der Waals surface area contributed by atoms with Crippen LogP contribution >= 0.6 is 0 Å². The predicted molar refractivity (Wildman–Crippen MR) is 150 cm³/mol. The molecule has 10 nitrogen and oxygen atoms in total. The molecule has 202 valence electrons. The summed E-state index contributed by atoms with van der Waals surface area (Å²) < 4.78 is 22.7. The summed E-state index contributed by atoms with van der Waals surface area (Å²) in [6, 6.07) is 13.1. The molecule has 0 spiro atoms. The average Bonchev–Trinajstić information content (AvgIpc) is 3.51. The minimum Gasteiger partial charge on any atom is -0.495 e. The van der Waals surface area contributed by atoms with E-state index in [1.54, 1.807) is 19.4 Å². The van der Waals surface area contributed by atoms with Crippen LogP contribution in [0, 0.1) is 0 Å². The predicted octanol–water partition coefficient (Wildman–Crippen LogP) is 4.87. The molecule has 1 saturated heterocycles. The Labute approximate surface area is 226 Å². The number of hydrogen-bond acceptors (Lipinski definition) is 9. The Balaban J connectivity index is 1.42. The van der Waals surface area contributed by atoms with E-state index in [0.717, 1.165) is 50.6 Å². The van der Waals surface area contributed by atoms with Crippen LogP contribution in [-0.4, -0.2) is 67.3 Å². The Morgan fingerprint density at radius 3 is 2.77 bits per heavy atom. The number of fused-ring (bicyclic) bond motifs is 1. The maximum absolute atomic E-state index is 12.2. The van der Waals surface area contributed by atoms with Crippen molar-refractivity contribution in [1.29, 1.82) is 0 Å². The van der Waals surface area contributed by atoms with Crippen molar-refractivity contribution in [3.8, 4) is 22.8 Å². The van der Waals surface area contributed by atoms with Crippen molar-refractivity contribution in [2.24, 2.45) is 0 Å². The number of amides is 1. The van der Waals surface area contributed by atoms with E-state index < -0.39 is 0 Å². The topological polar surface area (TPSA) is 111 Å². The van der Waals surface area contributed by atoms with Crippen LogP contribution in [0.3, 0.4) is 0 Å². The lowest BCUT2D eigenvalue weighted by Crippen LogP contribution is -2.37. The van der Waals surface area contributed by atoms with Gasteiger partial charge < -0.3 is 29.3 Å². The number of nitrogens with one attached hydrogen (secondary N) is 2. The van der Waals surface area contributed by atoms with Crippen molar-refractivity contribution in [1.82, 2.24) is 14.9 Å². The van der Waals surface area contributed by atoms with Crippen molar-refractivity contribution in [2.45, 2.75) is 6.42 Å². The first kappa shape index (κ1) is 26.2. The minimum atomic E-state index is -0.341. The van der Waals surface area contributed by atoms with Gasteiger partial charge in [-0.3, -0.25) is 9.69 Å². The summed E-state index contributed by atoms with van der Waals surface area (Å²) in [5.41, 5.74) is 2.75. The van der Waals surface area contributed by atoms with Gasteiger partial charge in [-0.15, -0.1) is 0 Å². The normalized spacial score (nSPS) is 13.7. The first-order valence-electron chi connectivity index (χ1n) is 12.8. The van der Waals surface area contributed by atoms with Gasteiger partial charge in [-0.2, -0.15) is 0 Å². The molecule has 1 aliphatic rings. The third-order valence-corrected chi connectivity index (χ3v) is 6.42. The largest absolute Gasteiger partial charge is 0.495 e. The fourth-order valence-corrected chi connectivity index (χ4v) is 4.41. The minimum absolute atomic E-state index is 0.341. The van der Waals surface area contributed by atoms with Gasteiger partial charge in [-0.1, -0.05) is 6.58 Å². The maximum atomic E-state index is 12.2. The Kier molecular flexibility index (Phi) is 8.35. The second-order valence-electron chi connectivity index (χ2n) is 8.95. The van der Waals surface area contributed by atoms with Crippen LogP contribution in [0.5, 0.6) is 11.5 Å². The molecule has 0 bridgehead atoms. The molecule has 0 atom stereocenters. The second kappa shape index (κ2) is 12.4. The first-order valence-corrected chi connectivity index (χ1v) is 12.8. The van der Waals surface area contributed by atoms with Gasteiger partial charge in [0.05, 0.1) is 50.1 Å². The number of aromatic nitrogens is 2. The molecule has 3 heterocycles. The lowest BCUT2D eigenvalue weighted by Gasteiger charge is -2.26. The van der Waals surface area contributed by atoms with Crippen LogP contribution in [-0.2, 0) is 9.53 Å². The molecule has 2 aromatic carbocycles. The number of furan rings is 1. The van der Waals surface area contributed by atoms with Gasteiger partial charge in [0.25, 0.3) is 0 Å². The quantitative estimate of drug-likeness (QED) is 0.208. The van der Waals surface area contributed by atoms with E-state index >= 15 is 0 Å². The summed E-state index contributed by atoms with van der Waals surface area (Å²) in [5.74, 6) is 2.10. The molecule has 10 heteroatoms. The van der Waals surface area contributed by atoms with Gasteiger partial charge in [0, 0.05) is 36.7 Å². The molecule has 0 unspecified atom stereocenters. The molecule has 2 N–H and O–H groups in total. The fourth-order valence-electron chi connectivity index (χ4n) is 4.41. The van der Waals surface area contributed by atoms with E-state index in [9.17, 15) is 4.79 Å². The summed E-state index contributed by atoms with van der Waals surface area (Å²) in [4.78, 5) is 23.5. The summed E-state index contributed by atoms with van der Waals surface area (Å²) in [7, 11) is 1.61. The Bertz CT molecular complexity index is 1430. The zero-order valence-corrected chi connectivity index (χ0v) is 21.8. The molecular weight excluding hydrogens is 498 g/mol. The van der Waals surface area contributed by atoms with Crippen molar-refractivity contribution >= 4 is 34.0 Å². The van der Waals surface area contributed by atoms with Crippen molar-refractivity contribution in [3.63, 3.8) is 0 Å². The third kappa shape index (κ3) is 6.36. The van der Waals surface area contributed by atoms with E-state index in [1.807, 2.05) is 36.4 Å². The number of rotatable bonds is 11. The van der Waals surface area contributed by atoms with E-state index in [-0.39, 0.29) is 5.91 Å². The molecule has 1 fully saturated rings. The SMILES string of the molecule is C=CC(=O)Nc1cc2c(Nc3cc(-c4ccco4)ccc3OC)ncnc2cc1OCCCN1CCOCC1. The van der Waals surface area contributed by atoms with E-state index in [1.165, 1.54) is 12.4 Å². The van der Waals surface area contributed by atoms with Gasteiger partial charge in [0.2, 0.25) is 5.91 Å². The fraction of sp³-hybridized carbons (Fsp3) is 0.276. The zero-order chi connectivity index (χ0) is 27.0. The van der Waals surface area contributed by atoms with Crippen LogP contribution in [0.15, 0.2) is 72.1 Å². The molecule has 0 aliphatic carbocycles. The van der Waals surface area contributed by atoms with Gasteiger partial charge in [0.1, 0.15) is 29.4 Å². The molecule has 0 radical (unpaired) electrons. The number of anilines is 3.